The Morgan fingerprint density at radius 2 is 2.12 bits per heavy atom. The highest BCUT2D eigenvalue weighted by Gasteiger charge is 2.12. The van der Waals surface area contributed by atoms with Crippen LogP contribution in [0.5, 0.6) is 0 Å². The number of amides is 1. The number of carbonyl (C=O) groups is 1. The second kappa shape index (κ2) is 6.21. The van der Waals surface area contributed by atoms with Gasteiger partial charge in [-0.15, -0.1) is 0 Å². The molecule has 2 atom stereocenters. The highest BCUT2D eigenvalue weighted by Crippen LogP contribution is 2.22. The van der Waals surface area contributed by atoms with Crippen molar-refractivity contribution < 1.29 is 9.90 Å². The molecule has 1 aromatic rings. The van der Waals surface area contributed by atoms with Gasteiger partial charge in [0.05, 0.1) is 16.1 Å². The number of benzene rings is 1. The van der Waals surface area contributed by atoms with Crippen molar-refractivity contribution in [3.8, 4) is 0 Å². The fraction of sp³-hybridized carbons (Fsp3) is 0.364. The minimum absolute atomic E-state index is 0.191. The Hall–Kier alpha value is -0.810. The van der Waals surface area contributed by atoms with Gasteiger partial charge in [-0.2, -0.15) is 0 Å². The van der Waals surface area contributed by atoms with Crippen molar-refractivity contribution in [2.75, 3.05) is 6.54 Å². The summed E-state index contributed by atoms with van der Waals surface area (Å²) in [5.41, 5.74) is 5.99. The van der Waals surface area contributed by atoms with Gasteiger partial charge in [0.2, 0.25) is 0 Å². The molecule has 4 nitrogen and oxygen atoms in total. The molecular weight excluding hydrogens is 263 g/mol. The lowest BCUT2D eigenvalue weighted by Crippen LogP contribution is -2.43. The Labute approximate surface area is 110 Å². The fourth-order valence-electron chi connectivity index (χ4n) is 1.12. The zero-order valence-electron chi connectivity index (χ0n) is 9.28. The normalized spacial score (nSPS) is 14.2. The molecule has 0 saturated heterocycles. The molecule has 4 N–H and O–H groups in total. The molecule has 0 aromatic heterocycles. The maximum atomic E-state index is 11.7. The maximum absolute atomic E-state index is 11.7. The topological polar surface area (TPSA) is 75.3 Å². The predicted molar refractivity (Wildman–Crippen MR) is 68.5 cm³/mol. The van der Waals surface area contributed by atoms with Crippen molar-refractivity contribution in [2.24, 2.45) is 5.73 Å². The van der Waals surface area contributed by atoms with E-state index < -0.39 is 12.1 Å². The summed E-state index contributed by atoms with van der Waals surface area (Å²) in [4.78, 5) is 11.7. The third-order valence-corrected chi connectivity index (χ3v) is 3.04. The minimum atomic E-state index is -0.677. The van der Waals surface area contributed by atoms with Crippen molar-refractivity contribution in [1.29, 1.82) is 0 Å². The SMILES string of the molecule is CC(O)C(N)CNC(=O)c1ccc(Cl)c(Cl)c1. The maximum Gasteiger partial charge on any atom is 0.251 e. The molecule has 6 heteroatoms. The molecule has 0 heterocycles. The monoisotopic (exact) mass is 276 g/mol. The van der Waals surface area contributed by atoms with E-state index in [1.54, 1.807) is 19.1 Å². The lowest BCUT2D eigenvalue weighted by Gasteiger charge is -2.15. The summed E-state index contributed by atoms with van der Waals surface area (Å²) in [7, 11) is 0. The standard InChI is InChI=1S/C11H14Cl2N2O2/c1-6(16)10(14)5-15-11(17)7-2-3-8(12)9(13)4-7/h2-4,6,10,16H,5,14H2,1H3,(H,15,17). The van der Waals surface area contributed by atoms with Gasteiger partial charge in [0.15, 0.2) is 0 Å². The number of hydrogen-bond donors (Lipinski definition) is 3. The summed E-state index contributed by atoms with van der Waals surface area (Å²) < 4.78 is 0. The Bertz CT molecular complexity index is 410. The number of aliphatic hydroxyl groups excluding tert-OH is 1. The van der Waals surface area contributed by atoms with Crippen LogP contribution in [0.25, 0.3) is 0 Å². The van der Waals surface area contributed by atoms with Crippen LogP contribution in [0.15, 0.2) is 18.2 Å². The highest BCUT2D eigenvalue weighted by molar-refractivity contribution is 6.42. The average molecular weight is 277 g/mol. The Kier molecular flexibility index (Phi) is 5.21. The quantitative estimate of drug-likeness (QED) is 0.779. The smallest absolute Gasteiger partial charge is 0.251 e. The van der Waals surface area contributed by atoms with E-state index in [1.807, 2.05) is 0 Å². The highest BCUT2D eigenvalue weighted by atomic mass is 35.5. The van der Waals surface area contributed by atoms with Gasteiger partial charge in [0.25, 0.3) is 5.91 Å². The van der Waals surface area contributed by atoms with E-state index in [4.69, 9.17) is 34.0 Å². The number of aliphatic hydroxyl groups is 1. The summed E-state index contributed by atoms with van der Waals surface area (Å²) in [6.07, 6.45) is -0.677. The van der Waals surface area contributed by atoms with Crippen LogP contribution in [0.3, 0.4) is 0 Å². The van der Waals surface area contributed by atoms with Gasteiger partial charge in [0, 0.05) is 18.2 Å². The molecule has 0 saturated carbocycles. The summed E-state index contributed by atoms with van der Waals surface area (Å²) >= 11 is 11.5. The van der Waals surface area contributed by atoms with E-state index in [2.05, 4.69) is 5.32 Å². The van der Waals surface area contributed by atoms with E-state index in [1.165, 1.54) is 6.07 Å². The van der Waals surface area contributed by atoms with Gasteiger partial charge in [-0.1, -0.05) is 23.2 Å². The zero-order chi connectivity index (χ0) is 13.0. The number of halogens is 2. The number of rotatable bonds is 4. The lowest BCUT2D eigenvalue weighted by molar-refractivity contribution is 0.0937. The molecule has 0 radical (unpaired) electrons. The van der Waals surface area contributed by atoms with Crippen LogP contribution in [0.4, 0.5) is 0 Å². The molecule has 1 rings (SSSR count). The van der Waals surface area contributed by atoms with Crippen molar-refractivity contribution >= 4 is 29.1 Å². The fourth-order valence-corrected chi connectivity index (χ4v) is 1.42. The largest absolute Gasteiger partial charge is 0.392 e. The molecule has 94 valence electrons. The minimum Gasteiger partial charge on any atom is -0.392 e. The summed E-state index contributed by atoms with van der Waals surface area (Å²) in [6, 6.07) is 4.10. The van der Waals surface area contributed by atoms with Crippen LogP contribution in [0.1, 0.15) is 17.3 Å². The third-order valence-electron chi connectivity index (χ3n) is 2.30. The third kappa shape index (κ3) is 4.16. The second-order valence-corrected chi connectivity index (χ2v) is 4.56. The molecule has 0 fully saturated rings. The lowest BCUT2D eigenvalue weighted by atomic mass is 10.2. The molecule has 2 unspecified atom stereocenters. The van der Waals surface area contributed by atoms with E-state index in [9.17, 15) is 4.79 Å². The first-order chi connectivity index (χ1) is 7.91. The van der Waals surface area contributed by atoms with Gasteiger partial charge in [-0.25, -0.2) is 0 Å². The summed E-state index contributed by atoms with van der Waals surface area (Å²) in [6.45, 7) is 1.76. The molecule has 0 aliphatic heterocycles. The van der Waals surface area contributed by atoms with Gasteiger partial charge in [-0.05, 0) is 25.1 Å². The van der Waals surface area contributed by atoms with Crippen molar-refractivity contribution in [3.63, 3.8) is 0 Å². The van der Waals surface area contributed by atoms with E-state index in [0.717, 1.165) is 0 Å². The van der Waals surface area contributed by atoms with Crippen LogP contribution < -0.4 is 11.1 Å². The van der Waals surface area contributed by atoms with Gasteiger partial charge in [-0.3, -0.25) is 4.79 Å². The molecule has 0 spiro atoms. The molecule has 0 bridgehead atoms. The predicted octanol–water partition coefficient (Wildman–Crippen LogP) is 1.43. The van der Waals surface area contributed by atoms with E-state index >= 15 is 0 Å². The van der Waals surface area contributed by atoms with Crippen molar-refractivity contribution in [3.05, 3.63) is 33.8 Å². The molecule has 17 heavy (non-hydrogen) atoms. The Morgan fingerprint density at radius 3 is 2.65 bits per heavy atom. The summed E-state index contributed by atoms with van der Waals surface area (Å²) in [5, 5.41) is 12.5. The molecule has 0 aliphatic rings. The van der Waals surface area contributed by atoms with Crippen molar-refractivity contribution in [2.45, 2.75) is 19.1 Å². The van der Waals surface area contributed by atoms with Crippen LogP contribution in [0, 0.1) is 0 Å². The Morgan fingerprint density at radius 1 is 1.47 bits per heavy atom. The molecule has 1 amide bonds. The van der Waals surface area contributed by atoms with Gasteiger partial charge >= 0.3 is 0 Å². The van der Waals surface area contributed by atoms with Crippen LogP contribution in [-0.2, 0) is 0 Å². The van der Waals surface area contributed by atoms with E-state index in [0.29, 0.717) is 15.6 Å². The first-order valence-corrected chi connectivity index (χ1v) is 5.84. The zero-order valence-corrected chi connectivity index (χ0v) is 10.8. The summed E-state index contributed by atoms with van der Waals surface area (Å²) in [5.74, 6) is -0.306. The molecule has 1 aromatic carbocycles. The molecule has 0 aliphatic carbocycles. The Balaban J connectivity index is 2.61. The number of nitrogens with two attached hydrogens (primary N) is 1. The molecular formula is C11H14Cl2N2O2. The first-order valence-electron chi connectivity index (χ1n) is 5.08. The van der Waals surface area contributed by atoms with Crippen LogP contribution >= 0.6 is 23.2 Å². The van der Waals surface area contributed by atoms with Gasteiger partial charge in [0.1, 0.15) is 0 Å². The number of carbonyl (C=O) groups excluding carboxylic acids is 1. The number of nitrogens with one attached hydrogen (secondary N) is 1. The number of hydrogen-bond acceptors (Lipinski definition) is 3. The van der Waals surface area contributed by atoms with Crippen LogP contribution in [0.2, 0.25) is 10.0 Å². The first kappa shape index (κ1) is 14.3. The van der Waals surface area contributed by atoms with Crippen LogP contribution in [-0.4, -0.2) is 29.7 Å². The average Bonchev–Trinajstić information content (AvgIpc) is 2.28. The van der Waals surface area contributed by atoms with Gasteiger partial charge < -0.3 is 16.2 Å². The van der Waals surface area contributed by atoms with Crippen molar-refractivity contribution in [1.82, 2.24) is 5.32 Å². The second-order valence-electron chi connectivity index (χ2n) is 3.74. The van der Waals surface area contributed by atoms with E-state index in [-0.39, 0.29) is 12.5 Å².